The van der Waals surface area contributed by atoms with Gasteiger partial charge in [-0.3, -0.25) is 15.1 Å². The van der Waals surface area contributed by atoms with Crippen LogP contribution < -0.4 is 20.7 Å². The highest BCUT2D eigenvalue weighted by atomic mass is 16.5. The molecule has 37 heavy (non-hydrogen) atoms. The molecule has 3 amide bonds. The topological polar surface area (TPSA) is 107 Å². The van der Waals surface area contributed by atoms with E-state index < -0.39 is 5.54 Å². The predicted molar refractivity (Wildman–Crippen MR) is 147 cm³/mol. The zero-order valence-electron chi connectivity index (χ0n) is 22.6. The Kier molecular flexibility index (Phi) is 9.33. The van der Waals surface area contributed by atoms with E-state index in [4.69, 9.17) is 10.1 Å². The smallest absolute Gasteiger partial charge is 0.319 e. The SMILES string of the molecule is CCCCC1(CC2CCCCC2)NC(=N)N(CC2CCC(NC(=O)Nc3cccc(OC)c3)CC2)C1=O. The van der Waals surface area contributed by atoms with Gasteiger partial charge in [0.15, 0.2) is 5.96 Å². The minimum atomic E-state index is -0.591. The molecule has 1 atom stereocenters. The number of carbonyl (C=O) groups is 2. The van der Waals surface area contributed by atoms with Crippen LogP contribution in [-0.4, -0.2) is 48.0 Å². The number of hydrogen-bond donors (Lipinski definition) is 4. The number of nitrogens with one attached hydrogen (secondary N) is 4. The molecule has 1 aliphatic heterocycles. The lowest BCUT2D eigenvalue weighted by atomic mass is 9.77. The summed E-state index contributed by atoms with van der Waals surface area (Å²) in [6.07, 6.45) is 13.6. The highest BCUT2D eigenvalue weighted by Gasteiger charge is 2.50. The zero-order chi connectivity index (χ0) is 26.3. The molecule has 2 saturated carbocycles. The first kappa shape index (κ1) is 27.3. The van der Waals surface area contributed by atoms with E-state index in [1.807, 2.05) is 18.2 Å². The lowest BCUT2D eigenvalue weighted by molar-refractivity contribution is -0.132. The van der Waals surface area contributed by atoms with Crippen LogP contribution in [0.15, 0.2) is 24.3 Å². The standard InChI is InChI=1S/C29H45N5O3/c1-3-4-17-29(19-21-9-6-5-7-10-21)26(35)34(27(30)33-29)20-22-13-15-23(16-14-22)31-28(36)32-24-11-8-12-25(18-24)37-2/h8,11-12,18,21-23H,3-7,9-10,13-17,19-20H2,1-2H3,(H2,30,33)(H2,31,32,36). The molecule has 3 aliphatic rings. The van der Waals surface area contributed by atoms with Gasteiger partial charge in [-0.1, -0.05) is 57.9 Å². The van der Waals surface area contributed by atoms with Gasteiger partial charge >= 0.3 is 6.03 Å². The molecular formula is C29H45N5O3. The molecule has 0 radical (unpaired) electrons. The van der Waals surface area contributed by atoms with Crippen molar-refractivity contribution >= 4 is 23.6 Å². The van der Waals surface area contributed by atoms with Crippen molar-refractivity contribution in [1.82, 2.24) is 15.5 Å². The predicted octanol–water partition coefficient (Wildman–Crippen LogP) is 5.64. The van der Waals surface area contributed by atoms with Gasteiger partial charge < -0.3 is 20.7 Å². The first-order valence-electron chi connectivity index (χ1n) is 14.3. The Balaban J connectivity index is 1.28. The second-order valence-corrected chi connectivity index (χ2v) is 11.3. The van der Waals surface area contributed by atoms with Gasteiger partial charge in [-0.25, -0.2) is 4.79 Å². The highest BCUT2D eigenvalue weighted by molar-refractivity contribution is 6.07. The lowest BCUT2D eigenvalue weighted by Crippen LogP contribution is -2.49. The Morgan fingerprint density at radius 2 is 1.89 bits per heavy atom. The Hall–Kier alpha value is -2.77. The number of anilines is 1. The van der Waals surface area contributed by atoms with Gasteiger partial charge in [-0.05, 0) is 62.5 Å². The van der Waals surface area contributed by atoms with Crippen molar-refractivity contribution in [3.63, 3.8) is 0 Å². The van der Waals surface area contributed by atoms with E-state index >= 15 is 0 Å². The van der Waals surface area contributed by atoms with E-state index in [0.717, 1.165) is 51.4 Å². The Morgan fingerprint density at radius 3 is 2.59 bits per heavy atom. The third kappa shape index (κ3) is 6.96. The van der Waals surface area contributed by atoms with Crippen molar-refractivity contribution in [2.75, 3.05) is 19.0 Å². The van der Waals surface area contributed by atoms with Crippen LogP contribution >= 0.6 is 0 Å². The maximum Gasteiger partial charge on any atom is 0.319 e. The van der Waals surface area contributed by atoms with Crippen LogP contribution in [0.25, 0.3) is 0 Å². The summed E-state index contributed by atoms with van der Waals surface area (Å²) in [7, 11) is 1.60. The Labute approximate surface area is 221 Å². The molecule has 1 heterocycles. The van der Waals surface area contributed by atoms with Crippen LogP contribution in [-0.2, 0) is 4.79 Å². The molecule has 4 rings (SSSR count). The number of rotatable bonds is 10. The second kappa shape index (κ2) is 12.7. The Morgan fingerprint density at radius 1 is 1.14 bits per heavy atom. The summed E-state index contributed by atoms with van der Waals surface area (Å²) in [5.74, 6) is 2.04. The molecule has 3 fully saturated rings. The summed E-state index contributed by atoms with van der Waals surface area (Å²) in [6, 6.07) is 7.22. The van der Waals surface area contributed by atoms with Crippen molar-refractivity contribution in [1.29, 1.82) is 5.41 Å². The maximum atomic E-state index is 13.8. The fourth-order valence-corrected chi connectivity index (χ4v) is 6.46. The number of nitrogens with zero attached hydrogens (tertiary/aromatic N) is 1. The maximum absolute atomic E-state index is 13.8. The lowest BCUT2D eigenvalue weighted by Gasteiger charge is -2.34. The van der Waals surface area contributed by atoms with Gasteiger partial charge in [0.1, 0.15) is 11.3 Å². The molecule has 1 aromatic carbocycles. The van der Waals surface area contributed by atoms with Crippen LogP contribution in [0.4, 0.5) is 10.5 Å². The number of unbranched alkanes of at least 4 members (excludes halogenated alkanes) is 1. The summed E-state index contributed by atoms with van der Waals surface area (Å²) in [4.78, 5) is 28.0. The first-order chi connectivity index (χ1) is 17.9. The summed E-state index contributed by atoms with van der Waals surface area (Å²) in [5, 5.41) is 18.0. The fourth-order valence-electron chi connectivity index (χ4n) is 6.46. The van der Waals surface area contributed by atoms with E-state index in [1.54, 1.807) is 18.1 Å². The van der Waals surface area contributed by atoms with E-state index in [-0.39, 0.29) is 23.9 Å². The number of amides is 3. The van der Waals surface area contributed by atoms with Gasteiger partial charge in [0.2, 0.25) is 0 Å². The number of carbonyl (C=O) groups excluding carboxylic acids is 2. The molecule has 0 spiro atoms. The molecule has 1 saturated heterocycles. The number of guanidine groups is 1. The van der Waals surface area contributed by atoms with Gasteiger partial charge in [0.05, 0.1) is 7.11 Å². The van der Waals surface area contributed by atoms with Crippen molar-refractivity contribution in [2.24, 2.45) is 11.8 Å². The average Bonchev–Trinajstić information content (AvgIpc) is 3.13. The minimum absolute atomic E-state index is 0.115. The van der Waals surface area contributed by atoms with Gasteiger partial charge in [0.25, 0.3) is 5.91 Å². The monoisotopic (exact) mass is 511 g/mol. The van der Waals surface area contributed by atoms with Crippen molar-refractivity contribution < 1.29 is 14.3 Å². The Bertz CT molecular complexity index is 939. The zero-order valence-corrected chi connectivity index (χ0v) is 22.6. The average molecular weight is 512 g/mol. The van der Waals surface area contributed by atoms with Crippen LogP contribution in [0, 0.1) is 17.2 Å². The summed E-state index contributed by atoms with van der Waals surface area (Å²) < 4.78 is 5.22. The molecule has 4 N–H and O–H groups in total. The van der Waals surface area contributed by atoms with Crippen LogP contribution in [0.2, 0.25) is 0 Å². The van der Waals surface area contributed by atoms with E-state index in [0.29, 0.717) is 29.8 Å². The normalized spacial score (nSPS) is 26.6. The van der Waals surface area contributed by atoms with Crippen molar-refractivity contribution in [3.8, 4) is 5.75 Å². The van der Waals surface area contributed by atoms with Gasteiger partial charge in [-0.2, -0.15) is 0 Å². The third-order valence-corrected chi connectivity index (χ3v) is 8.55. The third-order valence-electron chi connectivity index (χ3n) is 8.55. The van der Waals surface area contributed by atoms with Gasteiger partial charge in [-0.15, -0.1) is 0 Å². The molecule has 1 unspecified atom stereocenters. The quantitative estimate of drug-likeness (QED) is 0.326. The van der Waals surface area contributed by atoms with E-state index in [9.17, 15) is 9.59 Å². The van der Waals surface area contributed by atoms with Crippen molar-refractivity contribution in [2.45, 2.75) is 102 Å². The first-order valence-corrected chi connectivity index (χ1v) is 14.3. The molecule has 2 aliphatic carbocycles. The molecule has 0 bridgehead atoms. The molecule has 0 aromatic heterocycles. The van der Waals surface area contributed by atoms with Gasteiger partial charge in [0, 0.05) is 24.3 Å². The molecule has 8 heteroatoms. The minimum Gasteiger partial charge on any atom is -0.497 e. The highest BCUT2D eigenvalue weighted by Crippen LogP contribution is 2.37. The number of methoxy groups -OCH3 is 1. The summed E-state index contributed by atoms with van der Waals surface area (Å²) in [5.41, 5.74) is 0.107. The van der Waals surface area contributed by atoms with E-state index in [1.165, 1.54) is 32.1 Å². The number of hydrogen-bond acceptors (Lipinski definition) is 4. The number of urea groups is 1. The van der Waals surface area contributed by atoms with Crippen LogP contribution in [0.5, 0.6) is 5.75 Å². The molecule has 1 aromatic rings. The largest absolute Gasteiger partial charge is 0.497 e. The molecule has 204 valence electrons. The molecule has 8 nitrogen and oxygen atoms in total. The van der Waals surface area contributed by atoms with Crippen LogP contribution in [0.1, 0.15) is 90.4 Å². The molecular weight excluding hydrogens is 466 g/mol. The number of ether oxygens (including phenoxy) is 1. The summed E-state index contributed by atoms with van der Waals surface area (Å²) in [6.45, 7) is 2.77. The number of benzene rings is 1. The fraction of sp³-hybridized carbons (Fsp3) is 0.690. The van der Waals surface area contributed by atoms with Crippen LogP contribution in [0.3, 0.4) is 0 Å². The summed E-state index contributed by atoms with van der Waals surface area (Å²) >= 11 is 0. The van der Waals surface area contributed by atoms with Crippen molar-refractivity contribution in [3.05, 3.63) is 24.3 Å². The second-order valence-electron chi connectivity index (χ2n) is 11.3. The van der Waals surface area contributed by atoms with E-state index in [2.05, 4.69) is 22.9 Å².